The fourth-order valence-electron chi connectivity index (χ4n) is 1.94. The molecule has 0 aliphatic rings. The normalized spacial score (nSPS) is 12.6. The molecule has 1 unspecified atom stereocenters. The maximum atomic E-state index is 5.64. The number of nitrogens with zero attached hydrogens (tertiary/aromatic N) is 1. The molecule has 0 amide bonds. The molecule has 0 bridgehead atoms. The molecule has 0 spiro atoms. The SMILES string of the molecule is CCCNC(COCCOC)Cc1ccc(CC)cn1. The van der Waals surface area contributed by atoms with Crippen LogP contribution >= 0.6 is 0 Å². The first-order chi connectivity index (χ1) is 9.80. The zero-order valence-corrected chi connectivity index (χ0v) is 13.0. The molecule has 0 aromatic carbocycles. The van der Waals surface area contributed by atoms with Crippen LogP contribution in [0.4, 0.5) is 0 Å². The smallest absolute Gasteiger partial charge is 0.0701 e. The van der Waals surface area contributed by atoms with Crippen LogP contribution in [0.5, 0.6) is 0 Å². The van der Waals surface area contributed by atoms with Crippen LogP contribution in [0.25, 0.3) is 0 Å². The number of methoxy groups -OCH3 is 1. The van der Waals surface area contributed by atoms with Crippen molar-refractivity contribution in [2.75, 3.05) is 33.5 Å². The molecule has 4 nitrogen and oxygen atoms in total. The van der Waals surface area contributed by atoms with E-state index in [0.717, 1.165) is 31.5 Å². The number of pyridine rings is 1. The highest BCUT2D eigenvalue weighted by molar-refractivity contribution is 5.14. The van der Waals surface area contributed by atoms with Crippen LogP contribution in [-0.4, -0.2) is 44.5 Å². The van der Waals surface area contributed by atoms with Gasteiger partial charge >= 0.3 is 0 Å². The Morgan fingerprint density at radius 3 is 2.70 bits per heavy atom. The molecule has 0 saturated carbocycles. The average molecular weight is 280 g/mol. The molecule has 0 aliphatic carbocycles. The minimum atomic E-state index is 0.312. The fraction of sp³-hybridized carbons (Fsp3) is 0.688. The van der Waals surface area contributed by atoms with Gasteiger partial charge in [-0.3, -0.25) is 4.98 Å². The number of nitrogens with one attached hydrogen (secondary N) is 1. The van der Waals surface area contributed by atoms with Gasteiger partial charge in [0, 0.05) is 31.5 Å². The lowest BCUT2D eigenvalue weighted by atomic mass is 10.1. The van der Waals surface area contributed by atoms with Crippen molar-refractivity contribution in [3.05, 3.63) is 29.6 Å². The molecule has 1 atom stereocenters. The van der Waals surface area contributed by atoms with Crippen LogP contribution in [0.15, 0.2) is 18.3 Å². The molecule has 114 valence electrons. The molecule has 1 N–H and O–H groups in total. The topological polar surface area (TPSA) is 43.4 Å². The number of hydrogen-bond donors (Lipinski definition) is 1. The number of aryl methyl sites for hydroxylation is 1. The average Bonchev–Trinajstić information content (AvgIpc) is 2.49. The summed E-state index contributed by atoms with van der Waals surface area (Å²) in [4.78, 5) is 4.52. The summed E-state index contributed by atoms with van der Waals surface area (Å²) in [6.07, 6.45) is 5.02. The highest BCUT2D eigenvalue weighted by atomic mass is 16.5. The Labute approximate surface area is 122 Å². The van der Waals surface area contributed by atoms with Gasteiger partial charge in [-0.05, 0) is 31.0 Å². The Morgan fingerprint density at radius 2 is 2.10 bits per heavy atom. The second kappa shape index (κ2) is 10.8. The lowest BCUT2D eigenvalue weighted by Crippen LogP contribution is -2.36. The second-order valence-corrected chi connectivity index (χ2v) is 4.93. The van der Waals surface area contributed by atoms with Gasteiger partial charge in [-0.1, -0.05) is 19.9 Å². The number of ether oxygens (including phenoxy) is 2. The summed E-state index contributed by atoms with van der Waals surface area (Å²) >= 11 is 0. The fourth-order valence-corrected chi connectivity index (χ4v) is 1.94. The summed E-state index contributed by atoms with van der Waals surface area (Å²) in [6.45, 7) is 7.30. The first kappa shape index (κ1) is 17.1. The molecule has 1 rings (SSSR count). The molecule has 0 fully saturated rings. The van der Waals surface area contributed by atoms with Crippen molar-refractivity contribution in [2.45, 2.75) is 39.2 Å². The van der Waals surface area contributed by atoms with Gasteiger partial charge in [0.05, 0.1) is 19.8 Å². The molecule has 0 radical (unpaired) electrons. The van der Waals surface area contributed by atoms with Crippen LogP contribution in [-0.2, 0) is 22.3 Å². The Hall–Kier alpha value is -0.970. The van der Waals surface area contributed by atoms with Crippen molar-refractivity contribution in [2.24, 2.45) is 0 Å². The van der Waals surface area contributed by atoms with Crippen LogP contribution in [0.1, 0.15) is 31.5 Å². The number of aromatic nitrogens is 1. The Balaban J connectivity index is 2.44. The maximum Gasteiger partial charge on any atom is 0.0701 e. The zero-order chi connectivity index (χ0) is 14.6. The number of hydrogen-bond acceptors (Lipinski definition) is 4. The summed E-state index contributed by atoms with van der Waals surface area (Å²) in [5.74, 6) is 0. The van der Waals surface area contributed by atoms with Crippen LogP contribution in [0.3, 0.4) is 0 Å². The summed E-state index contributed by atoms with van der Waals surface area (Å²) < 4.78 is 10.6. The van der Waals surface area contributed by atoms with Gasteiger partial charge in [0.25, 0.3) is 0 Å². The lowest BCUT2D eigenvalue weighted by Gasteiger charge is -2.18. The minimum absolute atomic E-state index is 0.312. The zero-order valence-electron chi connectivity index (χ0n) is 13.0. The largest absolute Gasteiger partial charge is 0.382 e. The van der Waals surface area contributed by atoms with Crippen molar-refractivity contribution in [3.63, 3.8) is 0 Å². The summed E-state index contributed by atoms with van der Waals surface area (Å²) in [7, 11) is 1.69. The van der Waals surface area contributed by atoms with E-state index in [9.17, 15) is 0 Å². The van der Waals surface area contributed by atoms with Crippen molar-refractivity contribution >= 4 is 0 Å². The highest BCUT2D eigenvalue weighted by Crippen LogP contribution is 2.04. The monoisotopic (exact) mass is 280 g/mol. The Bertz CT molecular complexity index is 341. The van der Waals surface area contributed by atoms with Crippen LogP contribution in [0, 0.1) is 0 Å². The van der Waals surface area contributed by atoms with E-state index in [2.05, 4.69) is 36.3 Å². The Kier molecular flexibility index (Phi) is 9.20. The van der Waals surface area contributed by atoms with Crippen molar-refractivity contribution in [1.29, 1.82) is 0 Å². The van der Waals surface area contributed by atoms with Crippen LogP contribution < -0.4 is 5.32 Å². The standard InChI is InChI=1S/C16H28N2O2/c1-4-8-17-16(13-20-10-9-19-3)11-15-7-6-14(5-2)12-18-15/h6-7,12,16-17H,4-5,8-11,13H2,1-3H3. The predicted molar refractivity (Wildman–Crippen MR) is 82.1 cm³/mol. The first-order valence-electron chi connectivity index (χ1n) is 7.54. The van der Waals surface area contributed by atoms with E-state index in [1.54, 1.807) is 7.11 Å². The third kappa shape index (κ3) is 6.98. The first-order valence-corrected chi connectivity index (χ1v) is 7.54. The Morgan fingerprint density at radius 1 is 1.25 bits per heavy atom. The summed E-state index contributed by atoms with van der Waals surface area (Å²) in [5, 5.41) is 3.52. The molecule has 1 aromatic rings. The van der Waals surface area contributed by atoms with Gasteiger partial charge in [0.1, 0.15) is 0 Å². The molecule has 1 aromatic heterocycles. The van der Waals surface area contributed by atoms with Gasteiger partial charge in [0.2, 0.25) is 0 Å². The summed E-state index contributed by atoms with van der Waals surface area (Å²) in [5.41, 5.74) is 2.40. The molecule has 0 aliphatic heterocycles. The molecular weight excluding hydrogens is 252 g/mol. The van der Waals surface area contributed by atoms with E-state index in [1.165, 1.54) is 5.56 Å². The number of rotatable bonds is 11. The van der Waals surface area contributed by atoms with Crippen LogP contribution in [0.2, 0.25) is 0 Å². The molecular formula is C16H28N2O2. The molecule has 0 saturated heterocycles. The lowest BCUT2D eigenvalue weighted by molar-refractivity contribution is 0.0586. The van der Waals surface area contributed by atoms with Crippen molar-refractivity contribution < 1.29 is 9.47 Å². The van der Waals surface area contributed by atoms with Gasteiger partial charge in [-0.15, -0.1) is 0 Å². The third-order valence-electron chi connectivity index (χ3n) is 3.18. The van der Waals surface area contributed by atoms with E-state index in [1.807, 2.05) is 6.20 Å². The van der Waals surface area contributed by atoms with Gasteiger partial charge in [-0.2, -0.15) is 0 Å². The van der Waals surface area contributed by atoms with Gasteiger partial charge in [0.15, 0.2) is 0 Å². The molecule has 1 heterocycles. The van der Waals surface area contributed by atoms with E-state index in [0.29, 0.717) is 25.9 Å². The van der Waals surface area contributed by atoms with Crippen molar-refractivity contribution in [1.82, 2.24) is 10.3 Å². The molecule has 20 heavy (non-hydrogen) atoms. The quantitative estimate of drug-likeness (QED) is 0.631. The third-order valence-corrected chi connectivity index (χ3v) is 3.18. The van der Waals surface area contributed by atoms with Gasteiger partial charge < -0.3 is 14.8 Å². The highest BCUT2D eigenvalue weighted by Gasteiger charge is 2.10. The van der Waals surface area contributed by atoms with E-state index in [4.69, 9.17) is 9.47 Å². The predicted octanol–water partition coefficient (Wildman–Crippen LogP) is 2.22. The van der Waals surface area contributed by atoms with E-state index in [-0.39, 0.29) is 0 Å². The summed E-state index contributed by atoms with van der Waals surface area (Å²) in [6, 6.07) is 4.59. The van der Waals surface area contributed by atoms with Crippen molar-refractivity contribution in [3.8, 4) is 0 Å². The molecule has 4 heteroatoms. The maximum absolute atomic E-state index is 5.64. The van der Waals surface area contributed by atoms with E-state index < -0.39 is 0 Å². The van der Waals surface area contributed by atoms with Gasteiger partial charge in [-0.25, -0.2) is 0 Å². The minimum Gasteiger partial charge on any atom is -0.382 e. The second-order valence-electron chi connectivity index (χ2n) is 4.93. The van der Waals surface area contributed by atoms with E-state index >= 15 is 0 Å².